The third-order valence-corrected chi connectivity index (χ3v) is 4.51. The lowest BCUT2D eigenvalue weighted by molar-refractivity contribution is 0.486. The minimum absolute atomic E-state index is 0.0427. The molecule has 2 N–H and O–H groups in total. The minimum Gasteiger partial charge on any atom is -0.468 e. The van der Waals surface area contributed by atoms with Crippen molar-refractivity contribution in [3.63, 3.8) is 0 Å². The molecule has 0 radical (unpaired) electrons. The molecule has 0 aliphatic heterocycles. The van der Waals surface area contributed by atoms with Crippen molar-refractivity contribution in [2.24, 2.45) is 5.73 Å². The molecule has 18 heavy (non-hydrogen) atoms. The van der Waals surface area contributed by atoms with Crippen molar-refractivity contribution < 1.29 is 4.42 Å². The normalized spacial score (nSPS) is 14.4. The Morgan fingerprint density at radius 1 is 1.22 bits per heavy atom. The molecule has 3 heteroatoms. The van der Waals surface area contributed by atoms with Crippen molar-refractivity contribution in [1.29, 1.82) is 0 Å². The number of thioether (sulfide) groups is 1. The van der Waals surface area contributed by atoms with Gasteiger partial charge >= 0.3 is 0 Å². The van der Waals surface area contributed by atoms with Crippen molar-refractivity contribution in [3.8, 4) is 0 Å². The van der Waals surface area contributed by atoms with Gasteiger partial charge in [0.05, 0.1) is 11.5 Å². The summed E-state index contributed by atoms with van der Waals surface area (Å²) in [6.07, 6.45) is 1.70. The van der Waals surface area contributed by atoms with Gasteiger partial charge in [0.1, 0.15) is 5.76 Å². The lowest BCUT2D eigenvalue weighted by Crippen LogP contribution is -2.22. The molecule has 2 rings (SSSR count). The molecular formula is C15H19NOS. The smallest absolute Gasteiger partial charge is 0.118 e. The molecule has 0 aliphatic rings. The fourth-order valence-electron chi connectivity index (χ4n) is 1.85. The van der Waals surface area contributed by atoms with E-state index in [0.717, 1.165) is 5.76 Å². The average molecular weight is 261 g/mol. The number of benzene rings is 1. The maximum atomic E-state index is 6.08. The second-order valence-electron chi connectivity index (χ2n) is 4.68. The molecule has 0 aliphatic carbocycles. The van der Waals surface area contributed by atoms with Gasteiger partial charge in [-0.3, -0.25) is 0 Å². The van der Waals surface area contributed by atoms with E-state index in [1.165, 1.54) is 16.0 Å². The van der Waals surface area contributed by atoms with Crippen molar-refractivity contribution in [2.45, 2.75) is 37.0 Å². The molecule has 2 unspecified atom stereocenters. The zero-order chi connectivity index (χ0) is 13.1. The van der Waals surface area contributed by atoms with Crippen LogP contribution in [0.4, 0.5) is 0 Å². The molecule has 1 heterocycles. The van der Waals surface area contributed by atoms with Crippen molar-refractivity contribution in [1.82, 2.24) is 0 Å². The van der Waals surface area contributed by atoms with Crippen LogP contribution in [0.3, 0.4) is 0 Å². The maximum absolute atomic E-state index is 6.08. The molecule has 2 atom stereocenters. The van der Waals surface area contributed by atoms with Crippen LogP contribution in [0.25, 0.3) is 0 Å². The van der Waals surface area contributed by atoms with Gasteiger partial charge in [-0.15, -0.1) is 11.8 Å². The number of hydrogen-bond acceptors (Lipinski definition) is 3. The van der Waals surface area contributed by atoms with E-state index in [4.69, 9.17) is 10.2 Å². The van der Waals surface area contributed by atoms with Crippen LogP contribution < -0.4 is 5.73 Å². The average Bonchev–Trinajstić information content (AvgIpc) is 2.83. The van der Waals surface area contributed by atoms with Crippen LogP contribution in [0.1, 0.15) is 29.1 Å². The van der Waals surface area contributed by atoms with Gasteiger partial charge in [0.2, 0.25) is 0 Å². The summed E-state index contributed by atoms with van der Waals surface area (Å²) in [6.45, 7) is 6.25. The zero-order valence-electron chi connectivity index (χ0n) is 11.0. The van der Waals surface area contributed by atoms with Gasteiger partial charge in [-0.25, -0.2) is 0 Å². The number of rotatable bonds is 4. The third kappa shape index (κ3) is 2.98. The second kappa shape index (κ2) is 5.63. The molecule has 0 spiro atoms. The van der Waals surface area contributed by atoms with Crippen molar-refractivity contribution >= 4 is 11.8 Å². The molecule has 0 bridgehead atoms. The second-order valence-corrected chi connectivity index (χ2v) is 5.87. The van der Waals surface area contributed by atoms with Crippen LogP contribution in [-0.2, 0) is 0 Å². The Balaban J connectivity index is 2.27. The van der Waals surface area contributed by atoms with E-state index in [1.807, 2.05) is 19.1 Å². The highest BCUT2D eigenvalue weighted by Crippen LogP contribution is 2.39. The monoisotopic (exact) mass is 261 g/mol. The summed E-state index contributed by atoms with van der Waals surface area (Å²) in [7, 11) is 0. The molecule has 1 aromatic carbocycles. The standard InChI is InChI=1S/C15H19NOS/c1-10-6-7-11(2)14(9-10)18-15(12(3)16)13-5-4-8-17-13/h4-9,12,15H,16H2,1-3H3. The molecule has 1 aromatic heterocycles. The summed E-state index contributed by atoms with van der Waals surface area (Å²) in [6, 6.07) is 10.4. The first-order chi connectivity index (χ1) is 8.58. The molecule has 2 nitrogen and oxygen atoms in total. The highest BCUT2D eigenvalue weighted by molar-refractivity contribution is 7.99. The van der Waals surface area contributed by atoms with Crippen LogP contribution in [0.2, 0.25) is 0 Å². The summed E-state index contributed by atoms with van der Waals surface area (Å²) < 4.78 is 5.50. The van der Waals surface area contributed by atoms with Crippen molar-refractivity contribution in [3.05, 3.63) is 53.5 Å². The van der Waals surface area contributed by atoms with Gasteiger partial charge in [0.25, 0.3) is 0 Å². The summed E-state index contributed by atoms with van der Waals surface area (Å²) in [5.41, 5.74) is 8.63. The Bertz CT molecular complexity index is 505. The van der Waals surface area contributed by atoms with Crippen LogP contribution in [0.5, 0.6) is 0 Å². The Morgan fingerprint density at radius 3 is 2.61 bits per heavy atom. The first kappa shape index (κ1) is 13.2. The lowest BCUT2D eigenvalue weighted by Gasteiger charge is -2.19. The highest BCUT2D eigenvalue weighted by atomic mass is 32.2. The van der Waals surface area contributed by atoms with Crippen LogP contribution in [-0.4, -0.2) is 6.04 Å². The predicted molar refractivity (Wildman–Crippen MR) is 76.9 cm³/mol. The minimum atomic E-state index is 0.0427. The quantitative estimate of drug-likeness (QED) is 0.843. The number of nitrogens with two attached hydrogens (primary N) is 1. The number of hydrogen-bond donors (Lipinski definition) is 1. The number of aryl methyl sites for hydroxylation is 2. The van der Waals surface area contributed by atoms with E-state index in [0.29, 0.717) is 0 Å². The summed E-state index contributed by atoms with van der Waals surface area (Å²) in [5, 5.41) is 0.153. The molecule has 0 amide bonds. The summed E-state index contributed by atoms with van der Waals surface area (Å²) in [5.74, 6) is 0.941. The van der Waals surface area contributed by atoms with Crippen LogP contribution in [0, 0.1) is 13.8 Å². The lowest BCUT2D eigenvalue weighted by atomic mass is 10.2. The van der Waals surface area contributed by atoms with Gasteiger partial charge in [-0.1, -0.05) is 17.7 Å². The Labute approximate surface area is 113 Å². The van der Waals surface area contributed by atoms with E-state index in [9.17, 15) is 0 Å². The van der Waals surface area contributed by atoms with Gasteiger partial charge in [0.15, 0.2) is 0 Å². The van der Waals surface area contributed by atoms with Crippen molar-refractivity contribution in [2.75, 3.05) is 0 Å². The van der Waals surface area contributed by atoms with Gasteiger partial charge in [-0.2, -0.15) is 0 Å². The molecule has 0 saturated carbocycles. The summed E-state index contributed by atoms with van der Waals surface area (Å²) in [4.78, 5) is 1.27. The molecule has 0 fully saturated rings. The van der Waals surface area contributed by atoms with Gasteiger partial charge in [-0.05, 0) is 44.5 Å². The number of furan rings is 1. The van der Waals surface area contributed by atoms with E-state index in [-0.39, 0.29) is 11.3 Å². The van der Waals surface area contributed by atoms with Crippen LogP contribution >= 0.6 is 11.8 Å². The van der Waals surface area contributed by atoms with E-state index in [2.05, 4.69) is 32.0 Å². The Hall–Kier alpha value is -1.19. The first-order valence-corrected chi connectivity index (χ1v) is 6.99. The summed E-state index contributed by atoms with van der Waals surface area (Å²) >= 11 is 1.78. The van der Waals surface area contributed by atoms with Crippen LogP contribution in [0.15, 0.2) is 45.9 Å². The third-order valence-electron chi connectivity index (χ3n) is 2.90. The topological polar surface area (TPSA) is 39.2 Å². The predicted octanol–water partition coefficient (Wildman–Crippen LogP) is 4.08. The van der Waals surface area contributed by atoms with Gasteiger partial charge < -0.3 is 10.2 Å². The molecule has 2 aromatic rings. The first-order valence-electron chi connectivity index (χ1n) is 6.11. The maximum Gasteiger partial charge on any atom is 0.118 e. The molecule has 96 valence electrons. The highest BCUT2D eigenvalue weighted by Gasteiger charge is 2.21. The Kier molecular flexibility index (Phi) is 4.15. The van der Waals surface area contributed by atoms with E-state index in [1.54, 1.807) is 18.0 Å². The largest absolute Gasteiger partial charge is 0.468 e. The SMILES string of the molecule is Cc1ccc(C)c(SC(c2ccco2)C(C)N)c1. The van der Waals surface area contributed by atoms with E-state index < -0.39 is 0 Å². The fraction of sp³-hybridized carbons (Fsp3) is 0.333. The van der Waals surface area contributed by atoms with Gasteiger partial charge in [0, 0.05) is 10.9 Å². The molecule has 0 saturated heterocycles. The zero-order valence-corrected chi connectivity index (χ0v) is 11.8. The Morgan fingerprint density at radius 2 is 2.00 bits per heavy atom. The molecular weight excluding hydrogens is 242 g/mol. The fourth-order valence-corrected chi connectivity index (χ4v) is 3.10. The van der Waals surface area contributed by atoms with E-state index >= 15 is 0 Å².